The molecule has 0 saturated carbocycles. The summed E-state index contributed by atoms with van der Waals surface area (Å²) in [5.74, 6) is 0.508. The minimum atomic E-state index is 0.00865. The van der Waals surface area contributed by atoms with E-state index in [4.69, 9.17) is 5.73 Å². The Morgan fingerprint density at radius 2 is 1.89 bits per heavy atom. The fourth-order valence-electron chi connectivity index (χ4n) is 2.14. The van der Waals surface area contributed by atoms with E-state index in [0.29, 0.717) is 12.5 Å². The first-order chi connectivity index (χ1) is 8.41. The van der Waals surface area contributed by atoms with Crippen molar-refractivity contribution in [1.82, 2.24) is 4.90 Å². The summed E-state index contributed by atoms with van der Waals surface area (Å²) in [5.41, 5.74) is 5.77. The maximum absolute atomic E-state index is 12.5. The molecule has 2 N–H and O–H groups in total. The van der Waals surface area contributed by atoms with Crippen LogP contribution in [0.3, 0.4) is 0 Å². The lowest BCUT2D eigenvalue weighted by Crippen LogP contribution is -2.44. The lowest BCUT2D eigenvalue weighted by molar-refractivity contribution is -0.137. The molecule has 0 rings (SSSR count). The van der Waals surface area contributed by atoms with E-state index in [9.17, 15) is 4.79 Å². The van der Waals surface area contributed by atoms with Crippen LogP contribution in [0.2, 0.25) is 0 Å². The number of carbonyl (C=O) groups excluding carboxylic acids is 1. The molecule has 0 spiro atoms. The SMILES string of the molecule is CCCCC(CC)C(=O)N(CC)CC(C)(C)CN. The third kappa shape index (κ3) is 5.85. The quantitative estimate of drug-likeness (QED) is 0.689. The van der Waals surface area contributed by atoms with E-state index in [2.05, 4.69) is 34.6 Å². The Morgan fingerprint density at radius 3 is 2.28 bits per heavy atom. The van der Waals surface area contributed by atoms with Crippen molar-refractivity contribution in [1.29, 1.82) is 0 Å². The van der Waals surface area contributed by atoms with Gasteiger partial charge in [0.05, 0.1) is 0 Å². The predicted molar refractivity (Wildman–Crippen MR) is 78.4 cm³/mol. The minimum Gasteiger partial charge on any atom is -0.342 e. The molecule has 0 heterocycles. The number of amides is 1. The molecule has 108 valence electrons. The Morgan fingerprint density at radius 1 is 1.28 bits per heavy atom. The number of carbonyl (C=O) groups is 1. The molecular weight excluding hydrogens is 224 g/mol. The van der Waals surface area contributed by atoms with E-state index in [-0.39, 0.29) is 11.3 Å². The molecule has 3 heteroatoms. The van der Waals surface area contributed by atoms with E-state index in [1.165, 1.54) is 0 Å². The van der Waals surface area contributed by atoms with Crippen molar-refractivity contribution < 1.29 is 4.79 Å². The summed E-state index contributed by atoms with van der Waals surface area (Å²) in [5, 5.41) is 0. The maximum atomic E-state index is 12.5. The van der Waals surface area contributed by atoms with Crippen LogP contribution >= 0.6 is 0 Å². The number of rotatable bonds is 9. The Bertz CT molecular complexity index is 239. The standard InChI is InChI=1S/C15H32N2O/c1-6-9-10-13(7-2)14(18)17(8-3)12-15(4,5)11-16/h13H,6-12,16H2,1-5H3. The molecule has 0 saturated heterocycles. The van der Waals surface area contributed by atoms with E-state index < -0.39 is 0 Å². The van der Waals surface area contributed by atoms with Crippen molar-refractivity contribution >= 4 is 5.91 Å². The van der Waals surface area contributed by atoms with Gasteiger partial charge in [0, 0.05) is 19.0 Å². The lowest BCUT2D eigenvalue weighted by Gasteiger charge is -2.33. The van der Waals surface area contributed by atoms with Gasteiger partial charge in [-0.25, -0.2) is 0 Å². The van der Waals surface area contributed by atoms with Crippen LogP contribution in [0, 0.1) is 11.3 Å². The maximum Gasteiger partial charge on any atom is 0.225 e. The van der Waals surface area contributed by atoms with E-state index >= 15 is 0 Å². The Labute approximate surface area is 113 Å². The van der Waals surface area contributed by atoms with Crippen LogP contribution in [0.4, 0.5) is 0 Å². The van der Waals surface area contributed by atoms with Crippen LogP contribution < -0.4 is 5.73 Å². The Hall–Kier alpha value is -0.570. The van der Waals surface area contributed by atoms with Crippen molar-refractivity contribution in [3.05, 3.63) is 0 Å². The number of hydrogen-bond donors (Lipinski definition) is 1. The summed E-state index contributed by atoms with van der Waals surface area (Å²) in [6.45, 7) is 12.7. The molecule has 0 bridgehead atoms. The van der Waals surface area contributed by atoms with Gasteiger partial charge in [0.25, 0.3) is 0 Å². The highest BCUT2D eigenvalue weighted by Gasteiger charge is 2.26. The van der Waals surface area contributed by atoms with Gasteiger partial charge in [0.1, 0.15) is 0 Å². The van der Waals surface area contributed by atoms with E-state index in [1.807, 2.05) is 4.90 Å². The number of nitrogens with two attached hydrogens (primary N) is 1. The molecule has 0 aromatic heterocycles. The summed E-state index contributed by atoms with van der Waals surface area (Å²) in [6, 6.07) is 0. The largest absolute Gasteiger partial charge is 0.342 e. The average molecular weight is 256 g/mol. The van der Waals surface area contributed by atoms with Crippen LogP contribution in [0.5, 0.6) is 0 Å². The molecule has 0 aromatic carbocycles. The third-order valence-corrected chi connectivity index (χ3v) is 3.61. The first-order valence-corrected chi connectivity index (χ1v) is 7.40. The Kier molecular flexibility index (Phi) is 8.25. The molecule has 0 aliphatic rings. The highest BCUT2D eigenvalue weighted by molar-refractivity contribution is 5.78. The van der Waals surface area contributed by atoms with Gasteiger partial charge in [0.2, 0.25) is 5.91 Å². The molecule has 1 unspecified atom stereocenters. The van der Waals surface area contributed by atoms with Crippen LogP contribution in [0.15, 0.2) is 0 Å². The van der Waals surface area contributed by atoms with Gasteiger partial charge >= 0.3 is 0 Å². The summed E-state index contributed by atoms with van der Waals surface area (Å²) in [4.78, 5) is 14.5. The van der Waals surface area contributed by atoms with Crippen molar-refractivity contribution in [2.75, 3.05) is 19.6 Å². The number of unbranched alkanes of at least 4 members (excludes halogenated alkanes) is 1. The molecule has 1 amide bonds. The van der Waals surface area contributed by atoms with Crippen LogP contribution in [-0.2, 0) is 4.79 Å². The summed E-state index contributed by atoms with van der Waals surface area (Å²) in [6.07, 6.45) is 4.26. The first-order valence-electron chi connectivity index (χ1n) is 7.40. The fraction of sp³-hybridized carbons (Fsp3) is 0.933. The molecular formula is C15H32N2O. The van der Waals surface area contributed by atoms with Crippen LogP contribution in [0.25, 0.3) is 0 Å². The molecule has 0 fully saturated rings. The predicted octanol–water partition coefficient (Wildman–Crippen LogP) is 3.04. The van der Waals surface area contributed by atoms with Crippen LogP contribution in [-0.4, -0.2) is 30.4 Å². The van der Waals surface area contributed by atoms with Gasteiger partial charge in [-0.1, -0.05) is 40.5 Å². The highest BCUT2D eigenvalue weighted by Crippen LogP contribution is 2.20. The van der Waals surface area contributed by atoms with E-state index in [0.717, 1.165) is 38.8 Å². The summed E-state index contributed by atoms with van der Waals surface area (Å²) < 4.78 is 0. The van der Waals surface area contributed by atoms with Gasteiger partial charge in [-0.3, -0.25) is 4.79 Å². The van der Waals surface area contributed by atoms with E-state index in [1.54, 1.807) is 0 Å². The normalized spacial score (nSPS) is 13.4. The number of nitrogens with zero attached hydrogens (tertiary/aromatic N) is 1. The molecule has 0 radical (unpaired) electrons. The first kappa shape index (κ1) is 17.4. The topological polar surface area (TPSA) is 46.3 Å². The second-order valence-corrected chi connectivity index (χ2v) is 5.97. The fourth-order valence-corrected chi connectivity index (χ4v) is 2.14. The monoisotopic (exact) mass is 256 g/mol. The van der Waals surface area contributed by atoms with Gasteiger partial charge < -0.3 is 10.6 Å². The summed E-state index contributed by atoms with van der Waals surface area (Å²) >= 11 is 0. The molecule has 0 aromatic rings. The Balaban J connectivity index is 4.57. The molecule has 18 heavy (non-hydrogen) atoms. The molecule has 3 nitrogen and oxygen atoms in total. The van der Waals surface area contributed by atoms with Crippen molar-refractivity contribution in [2.24, 2.45) is 17.1 Å². The van der Waals surface area contributed by atoms with Crippen molar-refractivity contribution in [3.8, 4) is 0 Å². The van der Waals surface area contributed by atoms with Crippen molar-refractivity contribution in [2.45, 2.75) is 60.3 Å². The molecule has 0 aliphatic carbocycles. The van der Waals surface area contributed by atoms with Gasteiger partial charge in [-0.15, -0.1) is 0 Å². The van der Waals surface area contributed by atoms with Gasteiger partial charge in [0.15, 0.2) is 0 Å². The summed E-state index contributed by atoms with van der Waals surface area (Å²) in [7, 11) is 0. The second-order valence-electron chi connectivity index (χ2n) is 5.97. The van der Waals surface area contributed by atoms with Crippen LogP contribution in [0.1, 0.15) is 60.3 Å². The number of hydrogen-bond acceptors (Lipinski definition) is 2. The zero-order chi connectivity index (χ0) is 14.2. The molecule has 1 atom stereocenters. The highest BCUT2D eigenvalue weighted by atomic mass is 16.2. The lowest BCUT2D eigenvalue weighted by atomic mass is 9.91. The van der Waals surface area contributed by atoms with Gasteiger partial charge in [-0.2, -0.15) is 0 Å². The zero-order valence-electron chi connectivity index (χ0n) is 13.0. The zero-order valence-corrected chi connectivity index (χ0v) is 13.0. The molecule has 0 aliphatic heterocycles. The third-order valence-electron chi connectivity index (χ3n) is 3.61. The van der Waals surface area contributed by atoms with Crippen molar-refractivity contribution in [3.63, 3.8) is 0 Å². The average Bonchev–Trinajstić information content (AvgIpc) is 2.36. The second kappa shape index (κ2) is 8.52. The van der Waals surface area contributed by atoms with Gasteiger partial charge in [-0.05, 0) is 31.7 Å². The minimum absolute atomic E-state index is 0.00865. The smallest absolute Gasteiger partial charge is 0.225 e.